The maximum absolute atomic E-state index is 12.2. The Kier molecular flexibility index (Phi) is 5.62. The van der Waals surface area contributed by atoms with Gasteiger partial charge >= 0.3 is 6.61 Å². The number of nitrogens with zero attached hydrogens (tertiary/aromatic N) is 1. The van der Waals surface area contributed by atoms with Gasteiger partial charge in [0.1, 0.15) is 0 Å². The first-order valence-corrected chi connectivity index (χ1v) is 6.60. The van der Waals surface area contributed by atoms with Crippen LogP contribution in [0.4, 0.5) is 14.5 Å². The summed E-state index contributed by atoms with van der Waals surface area (Å²) in [6, 6.07) is 7.79. The van der Waals surface area contributed by atoms with Crippen molar-refractivity contribution in [1.29, 1.82) is 0 Å². The van der Waals surface area contributed by atoms with E-state index in [0.717, 1.165) is 0 Å². The van der Waals surface area contributed by atoms with E-state index in [4.69, 9.17) is 4.74 Å². The number of aromatic nitrogens is 1. The lowest BCUT2D eigenvalue weighted by atomic mass is 10.2. The van der Waals surface area contributed by atoms with Crippen LogP contribution in [-0.4, -0.2) is 24.6 Å². The van der Waals surface area contributed by atoms with Crippen molar-refractivity contribution >= 4 is 17.7 Å². The Morgan fingerprint density at radius 3 is 2.78 bits per heavy atom. The maximum Gasteiger partial charge on any atom is 0.387 e. The second kappa shape index (κ2) is 7.88. The van der Waals surface area contributed by atoms with Crippen molar-refractivity contribution < 1.29 is 23.0 Å². The molecule has 0 saturated heterocycles. The summed E-state index contributed by atoms with van der Waals surface area (Å²) >= 11 is 0. The fraction of sp³-hybridized carbons (Fsp3) is 0.125. The molecule has 2 rings (SSSR count). The molecule has 0 atom stereocenters. The SMILES string of the molecule is COc1cc(/C=C/C(=O)Nc2cccnc2)ccc1OC(F)F. The largest absolute Gasteiger partial charge is 0.493 e. The van der Waals surface area contributed by atoms with E-state index in [0.29, 0.717) is 11.3 Å². The fourth-order valence-corrected chi connectivity index (χ4v) is 1.77. The highest BCUT2D eigenvalue weighted by atomic mass is 19.3. The predicted molar refractivity (Wildman–Crippen MR) is 81.5 cm³/mol. The lowest BCUT2D eigenvalue weighted by Crippen LogP contribution is -2.07. The first kappa shape index (κ1) is 16.4. The molecule has 0 radical (unpaired) electrons. The third-order valence-electron chi connectivity index (χ3n) is 2.76. The van der Waals surface area contributed by atoms with Gasteiger partial charge in [-0.25, -0.2) is 0 Å². The Bertz CT molecular complexity index is 691. The molecule has 0 aliphatic rings. The number of halogens is 2. The molecule has 1 heterocycles. The fourth-order valence-electron chi connectivity index (χ4n) is 1.77. The first-order valence-electron chi connectivity index (χ1n) is 6.60. The van der Waals surface area contributed by atoms with Crippen LogP contribution in [0.15, 0.2) is 48.8 Å². The van der Waals surface area contributed by atoms with Crippen molar-refractivity contribution in [2.75, 3.05) is 12.4 Å². The van der Waals surface area contributed by atoms with Crippen LogP contribution >= 0.6 is 0 Å². The predicted octanol–water partition coefficient (Wildman–Crippen LogP) is 3.34. The Hall–Kier alpha value is -2.96. The summed E-state index contributed by atoms with van der Waals surface area (Å²) in [6.07, 6.45) is 5.96. The quantitative estimate of drug-likeness (QED) is 0.829. The molecule has 0 aliphatic carbocycles. The zero-order valence-corrected chi connectivity index (χ0v) is 12.2. The van der Waals surface area contributed by atoms with Crippen molar-refractivity contribution in [3.63, 3.8) is 0 Å². The highest BCUT2D eigenvalue weighted by Crippen LogP contribution is 2.29. The summed E-state index contributed by atoms with van der Waals surface area (Å²) in [5, 5.41) is 2.63. The van der Waals surface area contributed by atoms with Crippen molar-refractivity contribution in [1.82, 2.24) is 4.98 Å². The number of hydrogen-bond acceptors (Lipinski definition) is 4. The van der Waals surface area contributed by atoms with Gasteiger partial charge in [-0.3, -0.25) is 9.78 Å². The molecule has 120 valence electrons. The smallest absolute Gasteiger partial charge is 0.387 e. The van der Waals surface area contributed by atoms with Gasteiger partial charge in [-0.15, -0.1) is 0 Å². The number of anilines is 1. The minimum absolute atomic E-state index is 0.0699. The summed E-state index contributed by atoms with van der Waals surface area (Å²) < 4.78 is 33.8. The average molecular weight is 320 g/mol. The number of benzene rings is 1. The minimum Gasteiger partial charge on any atom is -0.493 e. The number of carbonyl (C=O) groups excluding carboxylic acids is 1. The first-order chi connectivity index (χ1) is 11.1. The Morgan fingerprint density at radius 2 is 2.13 bits per heavy atom. The summed E-state index contributed by atoms with van der Waals surface area (Å²) in [5.41, 5.74) is 1.17. The molecule has 2 aromatic rings. The highest BCUT2D eigenvalue weighted by molar-refractivity contribution is 6.01. The number of alkyl halides is 2. The van der Waals surface area contributed by atoms with Gasteiger partial charge < -0.3 is 14.8 Å². The van der Waals surface area contributed by atoms with Crippen LogP contribution in [0.3, 0.4) is 0 Å². The third kappa shape index (κ3) is 5.06. The van der Waals surface area contributed by atoms with Crippen LogP contribution in [0.2, 0.25) is 0 Å². The molecule has 7 heteroatoms. The van der Waals surface area contributed by atoms with Gasteiger partial charge in [0.05, 0.1) is 19.0 Å². The van der Waals surface area contributed by atoms with Crippen LogP contribution in [0.5, 0.6) is 11.5 Å². The van der Waals surface area contributed by atoms with E-state index in [1.54, 1.807) is 18.3 Å². The van der Waals surface area contributed by atoms with Crippen molar-refractivity contribution in [2.24, 2.45) is 0 Å². The normalized spacial score (nSPS) is 10.8. The van der Waals surface area contributed by atoms with E-state index in [9.17, 15) is 13.6 Å². The standard InChI is InChI=1S/C16H14F2N2O3/c1-22-14-9-11(4-6-13(14)23-16(17)18)5-7-15(21)20-12-3-2-8-19-10-12/h2-10,16H,1H3,(H,20,21)/b7-5+. The maximum atomic E-state index is 12.2. The molecule has 0 saturated carbocycles. The molecular formula is C16H14F2N2O3. The van der Waals surface area contributed by atoms with Gasteiger partial charge in [-0.1, -0.05) is 6.07 Å². The Balaban J connectivity index is 2.05. The number of carbonyl (C=O) groups is 1. The number of ether oxygens (including phenoxy) is 2. The van der Waals surface area contributed by atoms with Gasteiger partial charge in [-0.05, 0) is 35.9 Å². The molecule has 0 spiro atoms. The second-order valence-electron chi connectivity index (χ2n) is 4.35. The molecular weight excluding hydrogens is 306 g/mol. The number of hydrogen-bond donors (Lipinski definition) is 1. The van der Waals surface area contributed by atoms with Gasteiger partial charge in [0, 0.05) is 12.3 Å². The molecule has 0 bridgehead atoms. The molecule has 1 amide bonds. The van der Waals surface area contributed by atoms with E-state index >= 15 is 0 Å². The zero-order chi connectivity index (χ0) is 16.7. The summed E-state index contributed by atoms with van der Waals surface area (Å²) in [7, 11) is 1.34. The van der Waals surface area contributed by atoms with Gasteiger partial charge in [0.2, 0.25) is 5.91 Å². The Morgan fingerprint density at radius 1 is 1.30 bits per heavy atom. The summed E-state index contributed by atoms with van der Waals surface area (Å²) in [5.74, 6) is -0.260. The number of pyridine rings is 1. The van der Waals surface area contributed by atoms with Crippen LogP contribution in [0.1, 0.15) is 5.56 Å². The second-order valence-corrected chi connectivity index (χ2v) is 4.35. The van der Waals surface area contributed by atoms with Crippen LogP contribution in [-0.2, 0) is 4.79 Å². The molecule has 1 aromatic heterocycles. The van der Waals surface area contributed by atoms with Crippen molar-refractivity contribution in [3.8, 4) is 11.5 Å². The van der Waals surface area contributed by atoms with E-state index in [2.05, 4.69) is 15.0 Å². The van der Waals surface area contributed by atoms with Crippen LogP contribution in [0, 0.1) is 0 Å². The average Bonchev–Trinajstić information content (AvgIpc) is 2.54. The molecule has 5 nitrogen and oxygen atoms in total. The molecule has 1 aromatic carbocycles. The minimum atomic E-state index is -2.93. The van der Waals surface area contributed by atoms with Crippen molar-refractivity contribution in [2.45, 2.75) is 6.61 Å². The van der Waals surface area contributed by atoms with Gasteiger partial charge in [0.15, 0.2) is 11.5 Å². The number of amides is 1. The number of nitrogens with one attached hydrogen (secondary N) is 1. The molecule has 0 aliphatic heterocycles. The lowest BCUT2D eigenvalue weighted by Gasteiger charge is -2.10. The molecule has 0 unspecified atom stereocenters. The molecule has 23 heavy (non-hydrogen) atoms. The van der Waals surface area contributed by atoms with Gasteiger partial charge in [0.25, 0.3) is 0 Å². The van der Waals surface area contributed by atoms with E-state index in [1.165, 1.54) is 43.7 Å². The Labute approximate surface area is 131 Å². The van der Waals surface area contributed by atoms with Gasteiger partial charge in [-0.2, -0.15) is 8.78 Å². The highest BCUT2D eigenvalue weighted by Gasteiger charge is 2.10. The number of methoxy groups -OCH3 is 1. The number of rotatable bonds is 6. The van der Waals surface area contributed by atoms with E-state index in [-0.39, 0.29) is 17.4 Å². The molecule has 0 fully saturated rings. The zero-order valence-electron chi connectivity index (χ0n) is 12.2. The van der Waals surface area contributed by atoms with Crippen LogP contribution in [0.25, 0.3) is 6.08 Å². The summed E-state index contributed by atoms with van der Waals surface area (Å²) in [6.45, 7) is -2.93. The topological polar surface area (TPSA) is 60.5 Å². The lowest BCUT2D eigenvalue weighted by molar-refractivity contribution is -0.111. The van der Waals surface area contributed by atoms with Crippen molar-refractivity contribution in [3.05, 3.63) is 54.4 Å². The third-order valence-corrected chi connectivity index (χ3v) is 2.76. The summed E-state index contributed by atoms with van der Waals surface area (Å²) in [4.78, 5) is 15.7. The van der Waals surface area contributed by atoms with E-state index in [1.807, 2.05) is 0 Å². The monoisotopic (exact) mass is 320 g/mol. The van der Waals surface area contributed by atoms with Crippen LogP contribution < -0.4 is 14.8 Å². The molecule has 1 N–H and O–H groups in total. The van der Waals surface area contributed by atoms with E-state index < -0.39 is 6.61 Å².